The van der Waals surface area contributed by atoms with Crippen LogP contribution < -0.4 is 21.7 Å². The van der Waals surface area contributed by atoms with Gasteiger partial charge in [0.1, 0.15) is 18.1 Å². The smallest absolute Gasteiger partial charge is 0.326 e. The predicted octanol–water partition coefficient (Wildman–Crippen LogP) is -0.560. The van der Waals surface area contributed by atoms with E-state index in [4.69, 9.17) is 10.8 Å². The summed E-state index contributed by atoms with van der Waals surface area (Å²) >= 11 is 0. The minimum Gasteiger partial charge on any atom is -0.481 e. The summed E-state index contributed by atoms with van der Waals surface area (Å²) in [6.07, 6.45) is -0.366. The Bertz CT molecular complexity index is 636. The minimum absolute atomic E-state index is 0.0251. The monoisotopic (exact) mass is 430 g/mol. The highest BCUT2D eigenvalue weighted by atomic mass is 16.4. The molecule has 7 N–H and O–H groups in total. The fourth-order valence-electron chi connectivity index (χ4n) is 2.48. The summed E-state index contributed by atoms with van der Waals surface area (Å²) in [7, 11) is 0. The second-order valence-corrected chi connectivity index (χ2v) is 8.02. The van der Waals surface area contributed by atoms with Crippen molar-refractivity contribution in [2.24, 2.45) is 17.6 Å². The van der Waals surface area contributed by atoms with Crippen LogP contribution in [0.2, 0.25) is 0 Å². The average Bonchev–Trinajstić information content (AvgIpc) is 2.62. The molecule has 0 bridgehead atoms. The third kappa shape index (κ3) is 10.2. The Morgan fingerprint density at radius 1 is 0.800 bits per heavy atom. The largest absolute Gasteiger partial charge is 0.481 e. The maximum absolute atomic E-state index is 12.5. The van der Waals surface area contributed by atoms with Crippen molar-refractivity contribution in [3.63, 3.8) is 0 Å². The van der Waals surface area contributed by atoms with Crippen LogP contribution in [0.1, 0.15) is 53.9 Å². The number of carboxylic acid groups (broad SMARTS) is 2. The van der Waals surface area contributed by atoms with Gasteiger partial charge in [-0.2, -0.15) is 0 Å². The van der Waals surface area contributed by atoms with Crippen molar-refractivity contribution in [1.82, 2.24) is 16.0 Å². The molecule has 0 aromatic heterocycles. The van der Waals surface area contributed by atoms with E-state index in [0.29, 0.717) is 0 Å². The Morgan fingerprint density at radius 3 is 1.77 bits per heavy atom. The van der Waals surface area contributed by atoms with E-state index in [1.165, 1.54) is 6.92 Å². The first-order valence-corrected chi connectivity index (χ1v) is 9.87. The normalized spacial score (nSPS) is 15.1. The van der Waals surface area contributed by atoms with Crippen LogP contribution in [0.15, 0.2) is 0 Å². The molecule has 0 aromatic rings. The molecule has 11 nitrogen and oxygen atoms in total. The van der Waals surface area contributed by atoms with Crippen LogP contribution in [0.25, 0.3) is 0 Å². The molecule has 0 fully saturated rings. The van der Waals surface area contributed by atoms with Crippen molar-refractivity contribution in [3.05, 3.63) is 0 Å². The summed E-state index contributed by atoms with van der Waals surface area (Å²) in [4.78, 5) is 59.2. The van der Waals surface area contributed by atoms with Crippen molar-refractivity contribution < 1.29 is 34.2 Å². The molecule has 4 atom stereocenters. The third-order valence-electron chi connectivity index (χ3n) is 4.37. The van der Waals surface area contributed by atoms with Crippen LogP contribution in [0.5, 0.6) is 0 Å². The molecule has 0 radical (unpaired) electrons. The molecule has 0 saturated carbocycles. The second kappa shape index (κ2) is 12.8. The molecule has 0 heterocycles. The van der Waals surface area contributed by atoms with Crippen molar-refractivity contribution in [3.8, 4) is 0 Å². The van der Waals surface area contributed by atoms with Gasteiger partial charge in [0.25, 0.3) is 0 Å². The highest BCUT2D eigenvalue weighted by Crippen LogP contribution is 2.06. The quantitative estimate of drug-likeness (QED) is 0.224. The van der Waals surface area contributed by atoms with E-state index < -0.39 is 53.8 Å². The molecule has 3 amide bonds. The fourth-order valence-corrected chi connectivity index (χ4v) is 2.48. The van der Waals surface area contributed by atoms with Gasteiger partial charge in [-0.15, -0.1) is 0 Å². The third-order valence-corrected chi connectivity index (χ3v) is 4.37. The fraction of sp³-hybridized carbons (Fsp3) is 0.737. The molecule has 0 saturated heterocycles. The number of carboxylic acids is 2. The summed E-state index contributed by atoms with van der Waals surface area (Å²) in [6.45, 7) is 8.42. The summed E-state index contributed by atoms with van der Waals surface area (Å²) in [5, 5.41) is 25.3. The van der Waals surface area contributed by atoms with Crippen LogP contribution in [-0.4, -0.2) is 64.0 Å². The Morgan fingerprint density at radius 2 is 1.33 bits per heavy atom. The van der Waals surface area contributed by atoms with Gasteiger partial charge in [-0.1, -0.05) is 27.7 Å². The van der Waals surface area contributed by atoms with Gasteiger partial charge in [0.05, 0.1) is 6.04 Å². The van der Waals surface area contributed by atoms with Crippen LogP contribution in [0.4, 0.5) is 0 Å². The molecule has 0 aliphatic carbocycles. The van der Waals surface area contributed by atoms with Crippen molar-refractivity contribution in [1.29, 1.82) is 0 Å². The van der Waals surface area contributed by atoms with E-state index >= 15 is 0 Å². The first kappa shape index (κ1) is 27.3. The van der Waals surface area contributed by atoms with Gasteiger partial charge < -0.3 is 31.9 Å². The van der Waals surface area contributed by atoms with E-state index in [0.717, 1.165) is 0 Å². The first-order chi connectivity index (χ1) is 13.8. The molecule has 0 aromatic carbocycles. The van der Waals surface area contributed by atoms with Crippen molar-refractivity contribution in [2.75, 3.05) is 0 Å². The predicted molar refractivity (Wildman–Crippen MR) is 108 cm³/mol. The number of nitrogens with one attached hydrogen (secondary N) is 3. The molecule has 0 rings (SSSR count). The summed E-state index contributed by atoms with van der Waals surface area (Å²) in [6, 6.07) is -4.31. The molecule has 172 valence electrons. The lowest BCUT2D eigenvalue weighted by atomic mass is 10.0. The van der Waals surface area contributed by atoms with Crippen LogP contribution in [0, 0.1) is 11.8 Å². The van der Waals surface area contributed by atoms with Gasteiger partial charge >= 0.3 is 11.9 Å². The maximum Gasteiger partial charge on any atom is 0.326 e. The van der Waals surface area contributed by atoms with E-state index in [1.54, 1.807) is 13.8 Å². The average molecular weight is 431 g/mol. The number of amides is 3. The molecule has 11 heteroatoms. The highest BCUT2D eigenvalue weighted by Gasteiger charge is 2.29. The molecule has 30 heavy (non-hydrogen) atoms. The first-order valence-electron chi connectivity index (χ1n) is 9.87. The molecular weight excluding hydrogens is 396 g/mol. The van der Waals surface area contributed by atoms with Gasteiger partial charge in [0.2, 0.25) is 17.7 Å². The Labute approximate surface area is 176 Å². The summed E-state index contributed by atoms with van der Waals surface area (Å²) < 4.78 is 0. The minimum atomic E-state index is -1.21. The molecule has 0 spiro atoms. The number of hydrogen-bond acceptors (Lipinski definition) is 6. The lowest BCUT2D eigenvalue weighted by molar-refractivity contribution is -0.142. The van der Waals surface area contributed by atoms with Crippen LogP contribution in [0.3, 0.4) is 0 Å². The topological polar surface area (TPSA) is 188 Å². The van der Waals surface area contributed by atoms with E-state index in [-0.39, 0.29) is 31.1 Å². The van der Waals surface area contributed by atoms with E-state index in [2.05, 4.69) is 16.0 Å². The van der Waals surface area contributed by atoms with Gasteiger partial charge in [-0.25, -0.2) is 4.79 Å². The number of nitrogens with two attached hydrogens (primary N) is 1. The van der Waals surface area contributed by atoms with E-state index in [1.807, 2.05) is 13.8 Å². The van der Waals surface area contributed by atoms with Crippen LogP contribution >= 0.6 is 0 Å². The summed E-state index contributed by atoms with van der Waals surface area (Å²) in [5.41, 5.74) is 5.76. The second-order valence-electron chi connectivity index (χ2n) is 8.02. The SMILES string of the molecule is CC(C)CC(NC(=O)C(C)NC(=O)C(CCC(=O)O)NC(=O)C(N)C(C)C)C(=O)O. The summed E-state index contributed by atoms with van der Waals surface area (Å²) in [5.74, 6) is -4.61. The zero-order valence-corrected chi connectivity index (χ0v) is 18.1. The maximum atomic E-state index is 12.5. The van der Waals surface area contributed by atoms with Gasteiger partial charge in [-0.3, -0.25) is 19.2 Å². The lowest BCUT2D eigenvalue weighted by Crippen LogP contribution is -2.57. The molecule has 0 aliphatic rings. The Balaban J connectivity index is 5.13. The van der Waals surface area contributed by atoms with Crippen molar-refractivity contribution in [2.45, 2.75) is 78.0 Å². The number of carbonyl (C=O) groups excluding carboxylic acids is 3. The number of aliphatic carboxylic acids is 2. The highest BCUT2D eigenvalue weighted by molar-refractivity contribution is 5.94. The Kier molecular flexibility index (Phi) is 11.6. The Hall–Kier alpha value is -2.69. The van der Waals surface area contributed by atoms with Gasteiger partial charge in [0.15, 0.2) is 0 Å². The number of rotatable bonds is 13. The van der Waals surface area contributed by atoms with Gasteiger partial charge in [-0.05, 0) is 31.6 Å². The van der Waals surface area contributed by atoms with E-state index in [9.17, 15) is 29.1 Å². The molecular formula is C19H34N4O7. The van der Waals surface area contributed by atoms with Gasteiger partial charge in [0, 0.05) is 6.42 Å². The standard InChI is InChI=1S/C19H34N4O7/c1-9(2)8-13(19(29)30)23-16(26)11(5)21-17(27)12(6-7-14(24)25)22-18(28)15(20)10(3)4/h9-13,15H,6-8,20H2,1-5H3,(H,21,27)(H,22,28)(H,23,26)(H,24,25)(H,29,30). The van der Waals surface area contributed by atoms with Crippen molar-refractivity contribution >= 4 is 29.7 Å². The lowest BCUT2D eigenvalue weighted by Gasteiger charge is -2.24. The number of hydrogen-bond donors (Lipinski definition) is 6. The number of carbonyl (C=O) groups is 5. The zero-order chi connectivity index (χ0) is 23.6. The zero-order valence-electron chi connectivity index (χ0n) is 18.1. The molecule has 0 aliphatic heterocycles. The molecule has 4 unspecified atom stereocenters. The van der Waals surface area contributed by atoms with Crippen LogP contribution in [-0.2, 0) is 24.0 Å².